The largest absolute Gasteiger partial charge is 0.470 e. The SMILES string of the molecule is O=C1c2cccc3c(C4=CC5CCC4C5)ccc(c23)C(=O)N1OSC(F)(F)F. The van der Waals surface area contributed by atoms with E-state index in [1.54, 1.807) is 12.1 Å². The molecule has 0 N–H and O–H groups in total. The van der Waals surface area contributed by atoms with Crippen LogP contribution >= 0.6 is 12.0 Å². The maximum Gasteiger partial charge on any atom is 0.470 e. The van der Waals surface area contributed by atoms with Crippen LogP contribution in [0.3, 0.4) is 0 Å². The average molecular weight is 405 g/mol. The molecule has 2 bridgehead atoms. The third kappa shape index (κ3) is 2.66. The van der Waals surface area contributed by atoms with Crippen molar-refractivity contribution in [3.63, 3.8) is 0 Å². The number of rotatable bonds is 3. The van der Waals surface area contributed by atoms with Gasteiger partial charge in [0.15, 0.2) is 0 Å². The third-order valence-corrected chi connectivity index (χ3v) is 6.13. The Hall–Kier alpha value is -2.32. The standard InChI is InChI=1S/C20H14F3NO3S/c21-20(22,23)28-27-24-18(25)14-3-1-2-13-12(6-7-15(17(13)14)19(24)26)16-9-10-4-5-11(16)8-10/h1-3,6-7,9-11H,4-5,8H2. The molecule has 2 amide bonds. The number of alkyl halides is 3. The summed E-state index contributed by atoms with van der Waals surface area (Å²) in [7, 11) is 0. The van der Waals surface area contributed by atoms with Gasteiger partial charge >= 0.3 is 5.51 Å². The lowest BCUT2D eigenvalue weighted by atomic mass is 9.85. The number of carbonyl (C=O) groups excluding carboxylic acids is 2. The van der Waals surface area contributed by atoms with Gasteiger partial charge in [0.05, 0.1) is 11.1 Å². The number of carbonyl (C=O) groups is 2. The topological polar surface area (TPSA) is 46.6 Å². The van der Waals surface area contributed by atoms with Crippen LogP contribution in [0.1, 0.15) is 45.5 Å². The molecule has 8 heteroatoms. The Bertz CT molecular complexity index is 1040. The van der Waals surface area contributed by atoms with E-state index in [4.69, 9.17) is 0 Å². The fraction of sp³-hybridized carbons (Fsp3) is 0.300. The van der Waals surface area contributed by atoms with E-state index in [0.717, 1.165) is 23.8 Å². The molecule has 2 aliphatic carbocycles. The van der Waals surface area contributed by atoms with Gasteiger partial charge in [0, 0.05) is 5.39 Å². The minimum Gasteiger partial charge on any atom is -0.266 e. The molecule has 144 valence electrons. The Kier molecular flexibility index (Phi) is 3.86. The Balaban J connectivity index is 1.61. The lowest BCUT2D eigenvalue weighted by molar-refractivity contribution is -0.0570. The van der Waals surface area contributed by atoms with Crippen LogP contribution < -0.4 is 0 Å². The molecule has 1 heterocycles. The molecule has 28 heavy (non-hydrogen) atoms. The van der Waals surface area contributed by atoms with Crippen LogP contribution in [0.4, 0.5) is 13.2 Å². The quantitative estimate of drug-likeness (QED) is 0.510. The lowest BCUT2D eigenvalue weighted by Gasteiger charge is -2.26. The number of benzene rings is 2. The van der Waals surface area contributed by atoms with Gasteiger partial charge in [-0.05, 0) is 59.8 Å². The summed E-state index contributed by atoms with van der Waals surface area (Å²) >= 11 is -0.881. The number of hydroxylamine groups is 2. The first-order chi connectivity index (χ1) is 13.3. The van der Waals surface area contributed by atoms with Crippen LogP contribution in [0.15, 0.2) is 36.4 Å². The molecule has 2 atom stereocenters. The molecule has 1 aliphatic heterocycles. The van der Waals surface area contributed by atoms with Gasteiger partial charge in [-0.2, -0.15) is 17.5 Å². The highest BCUT2D eigenvalue weighted by Crippen LogP contribution is 2.49. The van der Waals surface area contributed by atoms with E-state index in [9.17, 15) is 22.8 Å². The zero-order valence-electron chi connectivity index (χ0n) is 14.5. The van der Waals surface area contributed by atoms with Gasteiger partial charge in [0.2, 0.25) is 0 Å². The van der Waals surface area contributed by atoms with E-state index in [1.165, 1.54) is 18.1 Å². The first-order valence-electron chi connectivity index (χ1n) is 8.92. The number of nitrogens with zero attached hydrogens (tertiary/aromatic N) is 1. The van der Waals surface area contributed by atoms with Crippen molar-refractivity contribution in [2.75, 3.05) is 0 Å². The summed E-state index contributed by atoms with van der Waals surface area (Å²) in [4.78, 5) is 25.4. The van der Waals surface area contributed by atoms with Crippen LogP contribution in [-0.2, 0) is 4.28 Å². The summed E-state index contributed by atoms with van der Waals surface area (Å²) in [5, 5.41) is 1.44. The second kappa shape index (κ2) is 6.09. The lowest BCUT2D eigenvalue weighted by Crippen LogP contribution is -2.39. The Morgan fingerprint density at radius 2 is 1.71 bits per heavy atom. The number of halogens is 3. The molecule has 0 saturated heterocycles. The van der Waals surface area contributed by atoms with Gasteiger partial charge in [0.1, 0.15) is 12.0 Å². The van der Waals surface area contributed by atoms with Gasteiger partial charge in [0.25, 0.3) is 11.8 Å². The van der Waals surface area contributed by atoms with Crippen molar-refractivity contribution in [2.24, 2.45) is 11.8 Å². The molecular formula is C20H14F3NO3S. The summed E-state index contributed by atoms with van der Waals surface area (Å²) in [6.07, 6.45) is 5.73. The molecular weight excluding hydrogens is 391 g/mol. The van der Waals surface area contributed by atoms with Crippen molar-refractivity contribution in [1.82, 2.24) is 5.06 Å². The van der Waals surface area contributed by atoms with Crippen molar-refractivity contribution in [1.29, 1.82) is 0 Å². The van der Waals surface area contributed by atoms with Gasteiger partial charge in [-0.1, -0.05) is 24.3 Å². The highest BCUT2D eigenvalue weighted by Gasteiger charge is 2.40. The van der Waals surface area contributed by atoms with Gasteiger partial charge < -0.3 is 0 Å². The summed E-state index contributed by atoms with van der Waals surface area (Å²) < 4.78 is 41.9. The number of allylic oxidation sites excluding steroid dienone is 2. The normalized spacial score (nSPS) is 23.7. The number of hydrogen-bond donors (Lipinski definition) is 0. The number of hydrogen-bond acceptors (Lipinski definition) is 4. The second-order valence-electron chi connectivity index (χ2n) is 7.29. The average Bonchev–Trinajstić information content (AvgIpc) is 3.28. The third-order valence-electron chi connectivity index (χ3n) is 5.72. The minimum absolute atomic E-state index is 0.167. The Morgan fingerprint density at radius 1 is 1.00 bits per heavy atom. The van der Waals surface area contributed by atoms with E-state index < -0.39 is 29.4 Å². The van der Waals surface area contributed by atoms with E-state index >= 15 is 0 Å². The van der Waals surface area contributed by atoms with Crippen molar-refractivity contribution in [3.05, 3.63) is 53.1 Å². The molecule has 3 aliphatic rings. The number of imide groups is 1. The fourth-order valence-electron chi connectivity index (χ4n) is 4.62. The van der Waals surface area contributed by atoms with E-state index in [-0.39, 0.29) is 16.2 Å². The van der Waals surface area contributed by atoms with Crippen LogP contribution in [0.2, 0.25) is 0 Å². The smallest absolute Gasteiger partial charge is 0.266 e. The molecule has 0 aromatic heterocycles. The van der Waals surface area contributed by atoms with Crippen molar-refractivity contribution < 1.29 is 27.0 Å². The monoisotopic (exact) mass is 405 g/mol. The molecule has 1 saturated carbocycles. The van der Waals surface area contributed by atoms with E-state index in [1.807, 2.05) is 12.1 Å². The molecule has 2 aromatic carbocycles. The number of amides is 2. The summed E-state index contributed by atoms with van der Waals surface area (Å²) in [5.41, 5.74) is -2.16. The molecule has 2 unspecified atom stereocenters. The van der Waals surface area contributed by atoms with Crippen LogP contribution in [0.5, 0.6) is 0 Å². The fourth-order valence-corrected chi connectivity index (χ4v) is 4.92. The number of fused-ring (bicyclic) bond motifs is 2. The maximum atomic E-state index is 12.7. The summed E-state index contributed by atoms with van der Waals surface area (Å²) in [5.74, 6) is -0.713. The first-order valence-corrected chi connectivity index (χ1v) is 9.67. The molecule has 1 fully saturated rings. The van der Waals surface area contributed by atoms with Crippen LogP contribution in [0.25, 0.3) is 16.3 Å². The Morgan fingerprint density at radius 3 is 2.36 bits per heavy atom. The first kappa shape index (κ1) is 17.8. The molecule has 2 aromatic rings. The molecule has 0 radical (unpaired) electrons. The minimum atomic E-state index is -4.73. The summed E-state index contributed by atoms with van der Waals surface area (Å²) in [6.45, 7) is 0. The predicted molar refractivity (Wildman–Crippen MR) is 98.0 cm³/mol. The predicted octanol–water partition coefficient (Wildman–Crippen LogP) is 5.35. The maximum absolute atomic E-state index is 12.7. The second-order valence-corrected chi connectivity index (χ2v) is 8.07. The van der Waals surface area contributed by atoms with Crippen LogP contribution in [-0.4, -0.2) is 22.4 Å². The highest BCUT2D eigenvalue weighted by atomic mass is 32.2. The molecule has 4 nitrogen and oxygen atoms in total. The van der Waals surface area contributed by atoms with Gasteiger partial charge in [-0.15, -0.1) is 5.06 Å². The van der Waals surface area contributed by atoms with E-state index in [2.05, 4.69) is 10.4 Å². The molecule has 5 rings (SSSR count). The zero-order valence-corrected chi connectivity index (χ0v) is 15.3. The van der Waals surface area contributed by atoms with Gasteiger partial charge in [-0.25, -0.2) is 0 Å². The molecule has 0 spiro atoms. The highest BCUT2D eigenvalue weighted by molar-refractivity contribution is 7.95. The van der Waals surface area contributed by atoms with Gasteiger partial charge in [-0.3, -0.25) is 9.59 Å². The van der Waals surface area contributed by atoms with Crippen LogP contribution in [0, 0.1) is 11.8 Å². The Labute approximate surface area is 162 Å². The zero-order chi connectivity index (χ0) is 19.6. The van der Waals surface area contributed by atoms with Crippen molar-refractivity contribution >= 4 is 40.2 Å². The van der Waals surface area contributed by atoms with E-state index in [0.29, 0.717) is 17.2 Å². The summed E-state index contributed by atoms with van der Waals surface area (Å²) in [6, 6.07) is 8.45. The van der Waals surface area contributed by atoms with Crippen molar-refractivity contribution in [2.45, 2.75) is 24.8 Å². The van der Waals surface area contributed by atoms with Crippen molar-refractivity contribution in [3.8, 4) is 0 Å².